The number of hydrogen-bond donors (Lipinski definition) is 0. The van der Waals surface area contributed by atoms with Gasteiger partial charge in [0.1, 0.15) is 0 Å². The van der Waals surface area contributed by atoms with E-state index in [4.69, 9.17) is 4.43 Å². The normalized spacial score (nSPS) is 16.6. The maximum absolute atomic E-state index is 13.0. The second kappa shape index (κ2) is 9.39. The number of allylic oxidation sites excluding steroid dienone is 1. The Labute approximate surface area is 193 Å². The predicted molar refractivity (Wildman–Crippen MR) is 135 cm³/mol. The standard InChI is InChI=1S/C29H32O2Si/c1-29(2,3)32(26-15-9-5-10-16-26,27-17-11-6-12-18-27)31-25-20-19-24(22-25)28(30)21-23-13-7-4-8-14-23/h4-18,22,25H,19-21H2,1-3H3. The second-order valence-electron chi connectivity index (χ2n) is 9.64. The molecule has 1 unspecified atom stereocenters. The number of rotatable bonds is 7. The first-order valence-corrected chi connectivity index (χ1v) is 13.4. The Hall–Kier alpha value is -2.75. The van der Waals surface area contributed by atoms with E-state index in [1.54, 1.807) is 0 Å². The first kappa shape index (κ1) is 22.4. The van der Waals surface area contributed by atoms with Gasteiger partial charge in [0, 0.05) is 6.42 Å². The zero-order valence-corrected chi connectivity index (χ0v) is 20.3. The molecule has 4 rings (SSSR count). The summed E-state index contributed by atoms with van der Waals surface area (Å²) < 4.78 is 7.18. The molecule has 0 aliphatic heterocycles. The molecule has 0 amide bonds. The molecule has 2 nitrogen and oxygen atoms in total. The summed E-state index contributed by atoms with van der Waals surface area (Å²) in [5.74, 6) is 0.213. The molecule has 0 bridgehead atoms. The van der Waals surface area contributed by atoms with Crippen LogP contribution in [0.2, 0.25) is 5.04 Å². The molecular weight excluding hydrogens is 408 g/mol. The van der Waals surface area contributed by atoms with Crippen molar-refractivity contribution in [3.05, 3.63) is 108 Å². The van der Waals surface area contributed by atoms with Crippen molar-refractivity contribution in [2.24, 2.45) is 0 Å². The van der Waals surface area contributed by atoms with E-state index < -0.39 is 8.32 Å². The van der Waals surface area contributed by atoms with Crippen molar-refractivity contribution in [2.45, 2.75) is 51.2 Å². The lowest BCUT2D eigenvalue weighted by Gasteiger charge is -2.44. The van der Waals surface area contributed by atoms with Crippen LogP contribution in [0.15, 0.2) is 103 Å². The third-order valence-corrected chi connectivity index (χ3v) is 11.5. The van der Waals surface area contributed by atoms with E-state index in [1.165, 1.54) is 10.4 Å². The number of hydrogen-bond acceptors (Lipinski definition) is 2. The maximum atomic E-state index is 13.0. The highest BCUT2D eigenvalue weighted by atomic mass is 28.4. The lowest BCUT2D eigenvalue weighted by Crippen LogP contribution is -2.67. The van der Waals surface area contributed by atoms with Crippen LogP contribution in [-0.4, -0.2) is 20.2 Å². The Balaban J connectivity index is 1.67. The van der Waals surface area contributed by atoms with Crippen molar-refractivity contribution in [3.63, 3.8) is 0 Å². The van der Waals surface area contributed by atoms with Gasteiger partial charge in [0.15, 0.2) is 5.78 Å². The summed E-state index contributed by atoms with van der Waals surface area (Å²) in [6.45, 7) is 6.87. The van der Waals surface area contributed by atoms with E-state index in [0.717, 1.165) is 24.0 Å². The summed E-state index contributed by atoms with van der Waals surface area (Å²) in [6, 6.07) is 31.4. The molecule has 3 aromatic carbocycles. The summed E-state index contributed by atoms with van der Waals surface area (Å²) in [5, 5.41) is 2.48. The quantitative estimate of drug-likeness (QED) is 0.456. The highest BCUT2D eigenvalue weighted by molar-refractivity contribution is 6.99. The van der Waals surface area contributed by atoms with Gasteiger partial charge >= 0.3 is 0 Å². The van der Waals surface area contributed by atoms with Crippen molar-refractivity contribution in [2.75, 3.05) is 0 Å². The molecule has 3 aromatic rings. The zero-order chi connectivity index (χ0) is 22.6. The van der Waals surface area contributed by atoms with Crippen LogP contribution in [0.5, 0.6) is 0 Å². The Bertz CT molecular complexity index is 1030. The van der Waals surface area contributed by atoms with E-state index in [0.29, 0.717) is 6.42 Å². The number of benzene rings is 3. The number of carbonyl (C=O) groups excluding carboxylic acids is 1. The molecular formula is C29H32O2Si. The third kappa shape index (κ3) is 4.55. The molecule has 32 heavy (non-hydrogen) atoms. The van der Waals surface area contributed by atoms with Gasteiger partial charge in [-0.05, 0) is 39.4 Å². The largest absolute Gasteiger partial charge is 0.401 e. The molecule has 0 heterocycles. The van der Waals surface area contributed by atoms with E-state index in [2.05, 4.69) is 87.5 Å². The molecule has 0 fully saturated rings. The molecule has 0 saturated heterocycles. The van der Waals surface area contributed by atoms with Crippen LogP contribution in [0.1, 0.15) is 39.2 Å². The summed E-state index contributed by atoms with van der Waals surface area (Å²) in [6.07, 6.45) is 4.16. The zero-order valence-electron chi connectivity index (χ0n) is 19.3. The minimum Gasteiger partial charge on any atom is -0.401 e. The van der Waals surface area contributed by atoms with Crippen LogP contribution in [0, 0.1) is 0 Å². The minimum atomic E-state index is -2.61. The van der Waals surface area contributed by atoms with Crippen molar-refractivity contribution in [3.8, 4) is 0 Å². The predicted octanol–water partition coefficient (Wildman–Crippen LogP) is 5.46. The van der Waals surface area contributed by atoms with Gasteiger partial charge in [-0.25, -0.2) is 0 Å². The SMILES string of the molecule is CC(C)(C)[Si](OC1C=C(C(=O)Cc2ccccc2)CC1)(c1ccccc1)c1ccccc1. The van der Waals surface area contributed by atoms with E-state index in [1.807, 2.05) is 30.3 Å². The first-order chi connectivity index (χ1) is 15.4. The van der Waals surface area contributed by atoms with Gasteiger partial charge in [-0.2, -0.15) is 0 Å². The fraction of sp³-hybridized carbons (Fsp3) is 0.276. The molecule has 0 radical (unpaired) electrons. The van der Waals surface area contributed by atoms with Crippen LogP contribution in [0.4, 0.5) is 0 Å². The number of Topliss-reactive ketones (excluding diaryl/α,β-unsaturated/α-hetero) is 1. The molecule has 1 atom stereocenters. The fourth-order valence-electron chi connectivity index (χ4n) is 4.83. The Morgan fingerprint density at radius 2 is 1.34 bits per heavy atom. The van der Waals surface area contributed by atoms with E-state index >= 15 is 0 Å². The third-order valence-electron chi connectivity index (χ3n) is 6.40. The van der Waals surface area contributed by atoms with Crippen LogP contribution in [-0.2, 0) is 15.6 Å². The van der Waals surface area contributed by atoms with Crippen molar-refractivity contribution >= 4 is 24.5 Å². The molecule has 0 aromatic heterocycles. The van der Waals surface area contributed by atoms with Crippen molar-refractivity contribution < 1.29 is 9.22 Å². The van der Waals surface area contributed by atoms with Gasteiger partial charge in [-0.3, -0.25) is 4.79 Å². The summed E-state index contributed by atoms with van der Waals surface area (Å²) >= 11 is 0. The first-order valence-electron chi connectivity index (χ1n) is 11.5. The lowest BCUT2D eigenvalue weighted by atomic mass is 10.0. The van der Waals surface area contributed by atoms with Crippen molar-refractivity contribution in [1.82, 2.24) is 0 Å². The molecule has 0 spiro atoms. The maximum Gasteiger partial charge on any atom is 0.261 e. The van der Waals surface area contributed by atoms with Crippen molar-refractivity contribution in [1.29, 1.82) is 0 Å². The highest BCUT2D eigenvalue weighted by Gasteiger charge is 2.51. The van der Waals surface area contributed by atoms with Gasteiger partial charge in [0.05, 0.1) is 6.10 Å². The Morgan fingerprint density at radius 1 is 0.844 bits per heavy atom. The monoisotopic (exact) mass is 440 g/mol. The topological polar surface area (TPSA) is 26.3 Å². The smallest absolute Gasteiger partial charge is 0.261 e. The van der Waals surface area contributed by atoms with Gasteiger partial charge < -0.3 is 4.43 Å². The number of carbonyl (C=O) groups is 1. The lowest BCUT2D eigenvalue weighted by molar-refractivity contribution is -0.115. The average molecular weight is 441 g/mol. The molecule has 164 valence electrons. The van der Waals surface area contributed by atoms with Crippen LogP contribution in [0.3, 0.4) is 0 Å². The molecule has 1 aliphatic rings. The van der Waals surface area contributed by atoms with Gasteiger partial charge in [-0.15, -0.1) is 0 Å². The number of ketones is 1. The van der Waals surface area contributed by atoms with Crippen LogP contribution >= 0.6 is 0 Å². The van der Waals surface area contributed by atoms with E-state index in [9.17, 15) is 4.79 Å². The minimum absolute atomic E-state index is 0.0453. The summed E-state index contributed by atoms with van der Waals surface area (Å²) in [7, 11) is -2.61. The van der Waals surface area contributed by atoms with E-state index in [-0.39, 0.29) is 16.9 Å². The Morgan fingerprint density at radius 3 is 1.84 bits per heavy atom. The van der Waals surface area contributed by atoms with Gasteiger partial charge in [0.2, 0.25) is 0 Å². The average Bonchev–Trinajstić information content (AvgIpc) is 3.27. The summed E-state index contributed by atoms with van der Waals surface area (Å²) in [5.41, 5.74) is 1.98. The highest BCUT2D eigenvalue weighted by Crippen LogP contribution is 2.39. The van der Waals surface area contributed by atoms with Gasteiger partial charge in [-0.1, -0.05) is 118 Å². The van der Waals surface area contributed by atoms with Crippen LogP contribution in [0.25, 0.3) is 0 Å². The fourth-order valence-corrected chi connectivity index (χ4v) is 9.48. The molecule has 1 aliphatic carbocycles. The van der Waals surface area contributed by atoms with Gasteiger partial charge in [0.25, 0.3) is 8.32 Å². The Kier molecular flexibility index (Phi) is 6.59. The summed E-state index contributed by atoms with van der Waals surface area (Å²) in [4.78, 5) is 13.0. The van der Waals surface area contributed by atoms with Crippen LogP contribution < -0.4 is 10.4 Å². The molecule has 3 heteroatoms. The molecule has 0 N–H and O–H groups in total. The second-order valence-corrected chi connectivity index (χ2v) is 13.9. The molecule has 0 saturated carbocycles.